The molecule has 3 heteroatoms. The molecule has 1 N–H and O–H groups in total. The van der Waals surface area contributed by atoms with Crippen LogP contribution in [0.4, 0.5) is 4.39 Å². The molecule has 1 nitrogen and oxygen atoms in total. The van der Waals surface area contributed by atoms with Crippen molar-refractivity contribution in [3.05, 3.63) is 70.4 Å². The Morgan fingerprint density at radius 3 is 2.75 bits per heavy atom. The fourth-order valence-electron chi connectivity index (χ4n) is 2.35. The van der Waals surface area contributed by atoms with E-state index in [1.54, 1.807) is 6.07 Å². The van der Waals surface area contributed by atoms with Gasteiger partial charge in [-0.1, -0.05) is 24.3 Å². The number of halogens is 1. The SMILES string of the molecule is Cc1ccccc1CC(O)c1cc2cc(F)ccc2s1. The van der Waals surface area contributed by atoms with Crippen molar-refractivity contribution in [1.82, 2.24) is 0 Å². The van der Waals surface area contributed by atoms with Crippen molar-refractivity contribution in [2.75, 3.05) is 0 Å². The lowest BCUT2D eigenvalue weighted by Gasteiger charge is -2.10. The van der Waals surface area contributed by atoms with E-state index in [1.807, 2.05) is 37.3 Å². The van der Waals surface area contributed by atoms with Crippen LogP contribution in [0.2, 0.25) is 0 Å². The molecule has 0 fully saturated rings. The first kappa shape index (κ1) is 13.3. The van der Waals surface area contributed by atoms with Gasteiger partial charge in [-0.15, -0.1) is 11.3 Å². The molecule has 0 saturated heterocycles. The summed E-state index contributed by atoms with van der Waals surface area (Å²) in [5, 5.41) is 11.2. The maximum Gasteiger partial charge on any atom is 0.123 e. The molecule has 20 heavy (non-hydrogen) atoms. The van der Waals surface area contributed by atoms with Crippen LogP contribution in [0.1, 0.15) is 22.1 Å². The summed E-state index contributed by atoms with van der Waals surface area (Å²) in [5.41, 5.74) is 2.32. The summed E-state index contributed by atoms with van der Waals surface area (Å²) in [6, 6.07) is 14.7. The summed E-state index contributed by atoms with van der Waals surface area (Å²) in [4.78, 5) is 0.883. The van der Waals surface area contributed by atoms with Crippen LogP contribution in [0.25, 0.3) is 10.1 Å². The number of aliphatic hydroxyl groups excluding tert-OH is 1. The second kappa shape index (κ2) is 5.35. The van der Waals surface area contributed by atoms with E-state index < -0.39 is 6.10 Å². The predicted octanol–water partition coefficient (Wildman–Crippen LogP) is 4.62. The molecule has 0 bridgehead atoms. The smallest absolute Gasteiger partial charge is 0.123 e. The van der Waals surface area contributed by atoms with Gasteiger partial charge >= 0.3 is 0 Å². The van der Waals surface area contributed by atoms with E-state index in [0.29, 0.717) is 6.42 Å². The fraction of sp³-hybridized carbons (Fsp3) is 0.176. The molecule has 3 rings (SSSR count). The topological polar surface area (TPSA) is 20.2 Å². The van der Waals surface area contributed by atoms with Crippen LogP contribution in [0, 0.1) is 12.7 Å². The van der Waals surface area contributed by atoms with E-state index in [9.17, 15) is 9.50 Å². The average molecular weight is 286 g/mol. The molecule has 1 aromatic heterocycles. The molecule has 0 aliphatic heterocycles. The van der Waals surface area contributed by atoms with Gasteiger partial charge in [-0.2, -0.15) is 0 Å². The van der Waals surface area contributed by atoms with Gasteiger partial charge in [-0.25, -0.2) is 4.39 Å². The molecule has 1 atom stereocenters. The van der Waals surface area contributed by atoms with Crippen molar-refractivity contribution >= 4 is 21.4 Å². The van der Waals surface area contributed by atoms with Crippen LogP contribution >= 0.6 is 11.3 Å². The van der Waals surface area contributed by atoms with Gasteiger partial charge in [0.2, 0.25) is 0 Å². The lowest BCUT2D eigenvalue weighted by Crippen LogP contribution is -2.00. The highest BCUT2D eigenvalue weighted by Crippen LogP contribution is 2.32. The molecule has 0 amide bonds. The number of hydrogen-bond donors (Lipinski definition) is 1. The molecule has 102 valence electrons. The first-order valence-electron chi connectivity index (χ1n) is 6.55. The van der Waals surface area contributed by atoms with Crippen LogP contribution in [-0.2, 0) is 6.42 Å². The lowest BCUT2D eigenvalue weighted by molar-refractivity contribution is 0.182. The monoisotopic (exact) mass is 286 g/mol. The Morgan fingerprint density at radius 2 is 1.95 bits per heavy atom. The van der Waals surface area contributed by atoms with Gasteiger partial charge in [-0.3, -0.25) is 0 Å². The normalized spacial score (nSPS) is 12.8. The molecule has 0 saturated carbocycles. The Kier molecular flexibility index (Phi) is 3.55. The van der Waals surface area contributed by atoms with Gasteiger partial charge in [0.15, 0.2) is 0 Å². The Balaban J connectivity index is 1.89. The van der Waals surface area contributed by atoms with Crippen molar-refractivity contribution in [2.45, 2.75) is 19.4 Å². The van der Waals surface area contributed by atoms with Gasteiger partial charge in [0.05, 0.1) is 6.10 Å². The molecule has 0 aliphatic rings. The largest absolute Gasteiger partial charge is 0.387 e. The third kappa shape index (κ3) is 2.60. The number of fused-ring (bicyclic) bond motifs is 1. The highest BCUT2D eigenvalue weighted by molar-refractivity contribution is 7.19. The van der Waals surface area contributed by atoms with Crippen molar-refractivity contribution in [2.24, 2.45) is 0 Å². The van der Waals surface area contributed by atoms with E-state index in [1.165, 1.54) is 29.0 Å². The minimum Gasteiger partial charge on any atom is -0.387 e. The number of thiophene rings is 1. The summed E-state index contributed by atoms with van der Waals surface area (Å²) in [6.07, 6.45) is 0.0404. The maximum atomic E-state index is 13.2. The van der Waals surface area contributed by atoms with Crippen LogP contribution in [0.15, 0.2) is 48.5 Å². The Hall–Kier alpha value is -1.71. The van der Waals surface area contributed by atoms with Gasteiger partial charge in [0.25, 0.3) is 0 Å². The van der Waals surface area contributed by atoms with E-state index in [2.05, 4.69) is 0 Å². The van der Waals surface area contributed by atoms with E-state index in [-0.39, 0.29) is 5.82 Å². The minimum atomic E-state index is -0.545. The molecular weight excluding hydrogens is 271 g/mol. The molecule has 0 aliphatic carbocycles. The summed E-state index contributed by atoms with van der Waals surface area (Å²) < 4.78 is 14.2. The van der Waals surface area contributed by atoms with Crippen molar-refractivity contribution in [3.63, 3.8) is 0 Å². The van der Waals surface area contributed by atoms with Crippen molar-refractivity contribution in [1.29, 1.82) is 0 Å². The predicted molar refractivity (Wildman–Crippen MR) is 81.6 cm³/mol. The standard InChI is InChI=1S/C17H15FOS/c1-11-4-2-3-5-12(11)9-15(19)17-10-13-8-14(18)6-7-16(13)20-17/h2-8,10,15,19H,9H2,1H3. The first-order valence-corrected chi connectivity index (χ1v) is 7.37. The molecule has 0 spiro atoms. The van der Waals surface area contributed by atoms with E-state index in [4.69, 9.17) is 0 Å². The van der Waals surface area contributed by atoms with Crippen LogP contribution in [0.5, 0.6) is 0 Å². The highest BCUT2D eigenvalue weighted by atomic mass is 32.1. The molecule has 1 unspecified atom stereocenters. The quantitative estimate of drug-likeness (QED) is 0.744. The summed E-state index contributed by atoms with van der Waals surface area (Å²) in [5.74, 6) is -0.241. The number of hydrogen-bond acceptors (Lipinski definition) is 2. The molecular formula is C17H15FOS. The Morgan fingerprint density at radius 1 is 1.15 bits per heavy atom. The van der Waals surface area contributed by atoms with Crippen LogP contribution < -0.4 is 0 Å². The van der Waals surface area contributed by atoms with Gasteiger partial charge in [-0.05, 0) is 47.7 Å². The second-order valence-corrected chi connectivity index (χ2v) is 6.09. The van der Waals surface area contributed by atoms with Gasteiger partial charge in [0, 0.05) is 16.0 Å². The Bertz CT molecular complexity index is 748. The van der Waals surface area contributed by atoms with Gasteiger partial charge < -0.3 is 5.11 Å². The third-order valence-corrected chi connectivity index (χ3v) is 4.72. The molecule has 3 aromatic rings. The van der Waals surface area contributed by atoms with Crippen LogP contribution in [-0.4, -0.2) is 5.11 Å². The van der Waals surface area contributed by atoms with Crippen molar-refractivity contribution in [3.8, 4) is 0 Å². The third-order valence-electron chi connectivity index (χ3n) is 3.50. The minimum absolute atomic E-state index is 0.241. The Labute approximate surface area is 121 Å². The van der Waals surface area contributed by atoms with Crippen LogP contribution in [0.3, 0.4) is 0 Å². The number of benzene rings is 2. The van der Waals surface area contributed by atoms with E-state index in [0.717, 1.165) is 20.5 Å². The summed E-state index contributed by atoms with van der Waals surface area (Å²) in [7, 11) is 0. The second-order valence-electron chi connectivity index (χ2n) is 4.98. The highest BCUT2D eigenvalue weighted by Gasteiger charge is 2.13. The van der Waals surface area contributed by atoms with Gasteiger partial charge in [0.1, 0.15) is 5.82 Å². The lowest BCUT2D eigenvalue weighted by atomic mass is 10.0. The molecule has 2 aromatic carbocycles. The van der Waals surface area contributed by atoms with Crippen molar-refractivity contribution < 1.29 is 9.50 Å². The first-order chi connectivity index (χ1) is 9.63. The molecule has 1 heterocycles. The number of aryl methyl sites for hydroxylation is 1. The zero-order valence-electron chi connectivity index (χ0n) is 11.1. The summed E-state index contributed by atoms with van der Waals surface area (Å²) in [6.45, 7) is 2.04. The zero-order valence-corrected chi connectivity index (χ0v) is 12.0. The average Bonchev–Trinajstić information content (AvgIpc) is 2.84. The maximum absolute atomic E-state index is 13.2. The van der Waals surface area contributed by atoms with E-state index >= 15 is 0 Å². The number of aliphatic hydroxyl groups is 1. The summed E-state index contributed by atoms with van der Waals surface area (Å²) >= 11 is 1.52. The fourth-order valence-corrected chi connectivity index (χ4v) is 3.38. The molecule has 0 radical (unpaired) electrons. The number of rotatable bonds is 3. The zero-order chi connectivity index (χ0) is 14.1.